The summed E-state index contributed by atoms with van der Waals surface area (Å²) < 4.78 is 15.3. The van der Waals surface area contributed by atoms with Gasteiger partial charge in [-0.15, -0.1) is 11.8 Å². The maximum Gasteiger partial charge on any atom is 0.335 e. The van der Waals surface area contributed by atoms with E-state index in [1.807, 2.05) is 0 Å². The number of anilines is 2. The zero-order chi connectivity index (χ0) is 35.2. The number of amides is 3. The second kappa shape index (κ2) is 11.8. The van der Waals surface area contributed by atoms with Crippen molar-refractivity contribution in [3.8, 4) is 0 Å². The molecule has 50 heavy (non-hydrogen) atoms. The van der Waals surface area contributed by atoms with Crippen molar-refractivity contribution in [3.05, 3.63) is 110 Å². The van der Waals surface area contributed by atoms with Gasteiger partial charge in [-0.1, -0.05) is 56.4 Å². The van der Waals surface area contributed by atoms with E-state index < -0.39 is 29.5 Å². The Morgan fingerprint density at radius 3 is 2.16 bits per heavy atom. The lowest BCUT2D eigenvalue weighted by molar-refractivity contribution is -0.123. The topological polar surface area (TPSA) is 126 Å². The first-order valence-corrected chi connectivity index (χ1v) is 18.3. The zero-order valence-corrected chi connectivity index (χ0v) is 29.1. The monoisotopic (exact) mass is 711 g/mol. The number of thiazole rings is 1. The molecule has 8 rings (SSSR count). The maximum atomic E-state index is 14.1. The van der Waals surface area contributed by atoms with Gasteiger partial charge in [0.15, 0.2) is 0 Å². The van der Waals surface area contributed by atoms with Crippen LogP contribution in [0.3, 0.4) is 0 Å². The van der Waals surface area contributed by atoms with E-state index in [1.54, 1.807) is 11.8 Å². The molecule has 7 atom stereocenters. The van der Waals surface area contributed by atoms with E-state index in [1.165, 1.54) is 63.6 Å². The summed E-state index contributed by atoms with van der Waals surface area (Å²) in [4.78, 5) is 68.1. The lowest BCUT2D eigenvalue weighted by Crippen LogP contribution is -2.43. The molecule has 2 aliphatic carbocycles. The third-order valence-corrected chi connectivity index (χ3v) is 13.7. The van der Waals surface area contributed by atoms with Gasteiger partial charge in [0.2, 0.25) is 17.7 Å². The summed E-state index contributed by atoms with van der Waals surface area (Å²) in [5, 5.41) is 12.6. The summed E-state index contributed by atoms with van der Waals surface area (Å²) >= 11 is 2.67. The minimum atomic E-state index is -1.07. The molecule has 2 aliphatic heterocycles. The summed E-state index contributed by atoms with van der Waals surface area (Å²) in [6.45, 7) is 6.21. The Labute approximate surface area is 295 Å². The second-order valence-corrected chi connectivity index (χ2v) is 16.8. The van der Waals surface area contributed by atoms with E-state index in [2.05, 4.69) is 50.4 Å². The predicted octanol–water partition coefficient (Wildman–Crippen LogP) is 6.36. The maximum absolute atomic E-state index is 14.1. The van der Waals surface area contributed by atoms with Crippen LogP contribution in [0, 0.1) is 35.4 Å². The summed E-state index contributed by atoms with van der Waals surface area (Å²) in [5.41, 5.74) is 3.01. The number of carbonyl (C=O) groups excluding carboxylic acids is 3. The van der Waals surface area contributed by atoms with Crippen molar-refractivity contribution in [3.63, 3.8) is 0 Å². The molecule has 2 saturated carbocycles. The van der Waals surface area contributed by atoms with Gasteiger partial charge in [0.05, 0.1) is 28.1 Å². The number of aromatic nitrogens is 1. The minimum absolute atomic E-state index is 0.0165. The van der Waals surface area contributed by atoms with Crippen LogP contribution in [0.1, 0.15) is 59.5 Å². The number of hydrogen-bond donors (Lipinski definition) is 2. The highest BCUT2D eigenvalue weighted by atomic mass is 32.2. The number of carboxylic acid groups (broad SMARTS) is 1. The van der Waals surface area contributed by atoms with Gasteiger partial charge in [-0.25, -0.2) is 9.18 Å². The van der Waals surface area contributed by atoms with E-state index in [9.17, 15) is 33.5 Å². The Kier molecular flexibility index (Phi) is 7.68. The fraction of sp³-hybridized carbons (Fsp3) is 0.342. The number of carbonyl (C=O) groups is 4. The van der Waals surface area contributed by atoms with Gasteiger partial charge >= 0.3 is 10.8 Å². The first-order chi connectivity index (χ1) is 23.8. The first-order valence-electron chi connectivity index (χ1n) is 16.6. The van der Waals surface area contributed by atoms with Gasteiger partial charge in [-0.05, 0) is 89.2 Å². The predicted molar refractivity (Wildman–Crippen MR) is 188 cm³/mol. The van der Waals surface area contributed by atoms with Crippen molar-refractivity contribution in [2.75, 3.05) is 10.2 Å². The van der Waals surface area contributed by atoms with Crippen LogP contribution < -0.4 is 15.1 Å². The number of halogens is 1. The lowest BCUT2D eigenvalue weighted by atomic mass is 9.68. The van der Waals surface area contributed by atoms with Crippen LogP contribution in [0.25, 0.3) is 0 Å². The van der Waals surface area contributed by atoms with Crippen molar-refractivity contribution < 1.29 is 28.7 Å². The third kappa shape index (κ3) is 5.14. The average molecular weight is 712 g/mol. The standard InChI is InChI=1S/C38H34FN3O6S2/c1-38(2,3)20-8-4-18(5-9-20)27-28-24-16-25(30-29(24)33(44)42(34(30)45)23-14-10-21(39)11-15-23)31(28)49-35-32(27)50-37(48)41(35)17-26(43)40-22-12-6-19(7-13-22)36(46)47/h4-15,24-25,27-31H,16-17H2,1-3H3,(H,40,43)(H,46,47). The number of hydrogen-bond acceptors (Lipinski definition) is 7. The summed E-state index contributed by atoms with van der Waals surface area (Å²) in [6, 6.07) is 19.7. The van der Waals surface area contributed by atoms with Gasteiger partial charge in [0, 0.05) is 21.7 Å². The molecule has 4 aliphatic rings. The molecule has 2 bridgehead atoms. The number of fused-ring (bicyclic) bond motifs is 9. The summed E-state index contributed by atoms with van der Waals surface area (Å²) in [5.74, 6) is -3.88. The fourth-order valence-corrected chi connectivity index (χ4v) is 11.8. The van der Waals surface area contributed by atoms with E-state index in [0.717, 1.165) is 28.2 Å². The fourth-order valence-electron chi connectivity index (χ4n) is 8.70. The SMILES string of the molecule is CC(C)(C)c1ccc(C2c3sc(=O)n(CC(=O)Nc4ccc(C(=O)O)cc4)c3SC3C4CC(C5C(=O)N(c6ccc(F)cc6)C(=O)C45)C23)cc1. The smallest absolute Gasteiger partial charge is 0.335 e. The third-order valence-electron chi connectivity index (χ3n) is 10.9. The van der Waals surface area contributed by atoms with E-state index in [4.69, 9.17) is 0 Å². The molecule has 3 aromatic carbocycles. The molecule has 3 amide bonds. The molecule has 1 aromatic heterocycles. The highest BCUT2D eigenvalue weighted by molar-refractivity contribution is 8.00. The van der Waals surface area contributed by atoms with Crippen molar-refractivity contribution >= 4 is 58.2 Å². The zero-order valence-electron chi connectivity index (χ0n) is 27.5. The molecule has 12 heteroatoms. The lowest BCUT2D eigenvalue weighted by Gasteiger charge is -2.43. The quantitative estimate of drug-likeness (QED) is 0.223. The second-order valence-electron chi connectivity index (χ2n) is 14.7. The summed E-state index contributed by atoms with van der Waals surface area (Å²) in [6.07, 6.45) is 0.717. The number of nitrogens with zero attached hydrogens (tertiary/aromatic N) is 2. The molecule has 256 valence electrons. The number of benzene rings is 3. The number of aromatic carboxylic acids is 1. The number of rotatable bonds is 6. The number of imide groups is 1. The van der Waals surface area contributed by atoms with Crippen LogP contribution in [-0.2, 0) is 26.3 Å². The molecule has 3 heterocycles. The van der Waals surface area contributed by atoms with E-state index in [-0.39, 0.29) is 63.1 Å². The van der Waals surface area contributed by atoms with Gasteiger partial charge < -0.3 is 10.4 Å². The van der Waals surface area contributed by atoms with Gasteiger partial charge in [-0.2, -0.15) is 0 Å². The van der Waals surface area contributed by atoms with Crippen LogP contribution >= 0.6 is 23.1 Å². The first kappa shape index (κ1) is 32.6. The average Bonchev–Trinajstić information content (AvgIpc) is 3.80. The van der Waals surface area contributed by atoms with Gasteiger partial charge in [0.25, 0.3) is 0 Å². The van der Waals surface area contributed by atoms with Gasteiger partial charge in [-0.3, -0.25) is 28.6 Å². The van der Waals surface area contributed by atoms with E-state index >= 15 is 0 Å². The Hall–Kier alpha value is -4.55. The molecule has 2 N–H and O–H groups in total. The molecule has 4 aromatic rings. The molecule has 9 nitrogen and oxygen atoms in total. The Bertz CT molecular complexity index is 2120. The molecule has 7 unspecified atom stereocenters. The van der Waals surface area contributed by atoms with Crippen LogP contribution in [0.5, 0.6) is 0 Å². The van der Waals surface area contributed by atoms with Crippen LogP contribution in [0.15, 0.2) is 82.6 Å². The van der Waals surface area contributed by atoms with Crippen LogP contribution in [-0.4, -0.2) is 38.6 Å². The molecule has 0 radical (unpaired) electrons. The van der Waals surface area contributed by atoms with Crippen LogP contribution in [0.2, 0.25) is 0 Å². The molecule has 3 fully saturated rings. The Morgan fingerprint density at radius 1 is 0.900 bits per heavy atom. The van der Waals surface area contributed by atoms with Crippen LogP contribution in [0.4, 0.5) is 15.8 Å². The van der Waals surface area contributed by atoms with Crippen molar-refractivity contribution in [2.45, 2.75) is 55.3 Å². The minimum Gasteiger partial charge on any atom is -0.478 e. The highest BCUT2D eigenvalue weighted by Crippen LogP contribution is 2.69. The number of carboxylic acids is 1. The van der Waals surface area contributed by atoms with Crippen molar-refractivity contribution in [2.24, 2.45) is 29.6 Å². The number of thioether (sulfide) groups is 1. The highest BCUT2D eigenvalue weighted by Gasteiger charge is 2.69. The van der Waals surface area contributed by atoms with Gasteiger partial charge in [0.1, 0.15) is 12.4 Å². The largest absolute Gasteiger partial charge is 0.478 e. The molecule has 0 spiro atoms. The van der Waals surface area contributed by atoms with Crippen molar-refractivity contribution in [1.29, 1.82) is 0 Å². The van der Waals surface area contributed by atoms with Crippen molar-refractivity contribution in [1.82, 2.24) is 4.57 Å². The van der Waals surface area contributed by atoms with E-state index in [0.29, 0.717) is 16.4 Å². The Morgan fingerprint density at radius 2 is 1.54 bits per heavy atom. The summed E-state index contributed by atoms with van der Waals surface area (Å²) in [7, 11) is 0. The molecule has 1 saturated heterocycles. The molecular formula is C38H34FN3O6S2. The Balaban J connectivity index is 1.16. The normalized spacial score (nSPS) is 26.5. The number of nitrogens with one attached hydrogen (secondary N) is 1. The molecular weight excluding hydrogens is 678 g/mol.